The molecule has 18 heavy (non-hydrogen) atoms. The van der Waals surface area contributed by atoms with Gasteiger partial charge in [0.05, 0.1) is 6.10 Å². The molecule has 1 atom stereocenters. The van der Waals surface area contributed by atoms with E-state index in [9.17, 15) is 5.11 Å². The van der Waals surface area contributed by atoms with Crippen LogP contribution in [0.15, 0.2) is 18.3 Å². The van der Waals surface area contributed by atoms with Crippen molar-refractivity contribution < 1.29 is 10.2 Å². The summed E-state index contributed by atoms with van der Waals surface area (Å²) in [7, 11) is 0. The molecule has 0 bridgehead atoms. The van der Waals surface area contributed by atoms with E-state index in [1.807, 2.05) is 6.20 Å². The van der Waals surface area contributed by atoms with Crippen LogP contribution < -0.4 is 0 Å². The van der Waals surface area contributed by atoms with Crippen molar-refractivity contribution in [1.82, 2.24) is 4.57 Å². The zero-order chi connectivity index (χ0) is 13.3. The maximum Gasteiger partial charge on any atom is 0.0782 e. The van der Waals surface area contributed by atoms with E-state index in [-0.39, 0.29) is 6.61 Å². The van der Waals surface area contributed by atoms with Crippen molar-refractivity contribution in [3.63, 3.8) is 0 Å². The summed E-state index contributed by atoms with van der Waals surface area (Å²) in [6, 6.07) is 4.29. The molecule has 0 aliphatic rings. The highest BCUT2D eigenvalue weighted by Gasteiger charge is 2.14. The topological polar surface area (TPSA) is 45.4 Å². The number of fused-ring (bicyclic) bond motifs is 1. The van der Waals surface area contributed by atoms with Crippen LogP contribution in [0.3, 0.4) is 0 Å². The molecule has 0 radical (unpaired) electrons. The standard InChI is InChI=1S/C15H21NO2/c1-10-7-11(2)15-13(12(3)18)9-16(5-4-6-17)14(15)8-10/h7-9,12,17-18H,4-6H2,1-3H3. The van der Waals surface area contributed by atoms with E-state index in [4.69, 9.17) is 5.11 Å². The first-order valence-corrected chi connectivity index (χ1v) is 6.43. The highest BCUT2D eigenvalue weighted by Crippen LogP contribution is 2.30. The molecule has 2 aromatic rings. The molecule has 0 aliphatic heterocycles. The Balaban J connectivity index is 2.64. The lowest BCUT2D eigenvalue weighted by molar-refractivity contribution is 0.200. The maximum atomic E-state index is 9.89. The van der Waals surface area contributed by atoms with E-state index in [0.29, 0.717) is 0 Å². The second-order valence-electron chi connectivity index (χ2n) is 5.01. The van der Waals surface area contributed by atoms with Crippen LogP contribution in [0.4, 0.5) is 0 Å². The van der Waals surface area contributed by atoms with E-state index in [1.54, 1.807) is 6.92 Å². The number of aliphatic hydroxyl groups excluding tert-OH is 2. The highest BCUT2D eigenvalue weighted by molar-refractivity contribution is 5.88. The first kappa shape index (κ1) is 13.1. The number of rotatable bonds is 4. The predicted octanol–water partition coefficient (Wildman–Crippen LogP) is 2.69. The molecule has 0 saturated heterocycles. The van der Waals surface area contributed by atoms with Gasteiger partial charge in [0.15, 0.2) is 0 Å². The van der Waals surface area contributed by atoms with Crippen molar-refractivity contribution in [1.29, 1.82) is 0 Å². The first-order valence-electron chi connectivity index (χ1n) is 6.43. The van der Waals surface area contributed by atoms with Crippen LogP contribution in [-0.2, 0) is 6.54 Å². The number of hydrogen-bond donors (Lipinski definition) is 2. The van der Waals surface area contributed by atoms with Crippen LogP contribution in [-0.4, -0.2) is 21.4 Å². The van der Waals surface area contributed by atoms with Crippen LogP contribution >= 0.6 is 0 Å². The third kappa shape index (κ3) is 2.28. The van der Waals surface area contributed by atoms with Gasteiger partial charge in [0.25, 0.3) is 0 Å². The molecule has 0 fully saturated rings. The normalized spacial score (nSPS) is 13.2. The maximum absolute atomic E-state index is 9.89. The fourth-order valence-electron chi connectivity index (χ4n) is 2.59. The summed E-state index contributed by atoms with van der Waals surface area (Å²) in [5, 5.41) is 20.0. The summed E-state index contributed by atoms with van der Waals surface area (Å²) in [5.74, 6) is 0. The summed E-state index contributed by atoms with van der Waals surface area (Å²) in [4.78, 5) is 0. The minimum atomic E-state index is -0.468. The second-order valence-corrected chi connectivity index (χ2v) is 5.01. The minimum Gasteiger partial charge on any atom is -0.396 e. The third-order valence-electron chi connectivity index (χ3n) is 3.36. The Kier molecular flexibility index (Phi) is 3.73. The lowest BCUT2D eigenvalue weighted by Gasteiger charge is -2.06. The second kappa shape index (κ2) is 5.12. The van der Waals surface area contributed by atoms with E-state index in [2.05, 4.69) is 30.5 Å². The van der Waals surface area contributed by atoms with E-state index < -0.39 is 6.10 Å². The zero-order valence-electron chi connectivity index (χ0n) is 11.3. The fourth-order valence-corrected chi connectivity index (χ4v) is 2.59. The largest absolute Gasteiger partial charge is 0.396 e. The smallest absolute Gasteiger partial charge is 0.0782 e. The van der Waals surface area contributed by atoms with E-state index >= 15 is 0 Å². The molecule has 1 unspecified atom stereocenters. The van der Waals surface area contributed by atoms with Gasteiger partial charge in [-0.15, -0.1) is 0 Å². The molecule has 0 saturated carbocycles. The summed E-state index contributed by atoms with van der Waals surface area (Å²) >= 11 is 0. The Morgan fingerprint density at radius 1 is 1.28 bits per heavy atom. The number of aryl methyl sites for hydroxylation is 3. The van der Waals surface area contributed by atoms with Gasteiger partial charge in [-0.1, -0.05) is 6.07 Å². The van der Waals surface area contributed by atoms with Crippen molar-refractivity contribution in [3.8, 4) is 0 Å². The van der Waals surface area contributed by atoms with Gasteiger partial charge < -0.3 is 14.8 Å². The molecular weight excluding hydrogens is 226 g/mol. The van der Waals surface area contributed by atoms with Gasteiger partial charge in [-0.05, 0) is 44.4 Å². The lowest BCUT2D eigenvalue weighted by Crippen LogP contribution is -1.98. The first-order chi connectivity index (χ1) is 8.54. The molecule has 0 amide bonds. The third-order valence-corrected chi connectivity index (χ3v) is 3.36. The number of aromatic nitrogens is 1. The minimum absolute atomic E-state index is 0.189. The summed E-state index contributed by atoms with van der Waals surface area (Å²) in [5.41, 5.74) is 4.54. The molecule has 98 valence electrons. The van der Waals surface area contributed by atoms with Gasteiger partial charge in [-0.25, -0.2) is 0 Å². The van der Waals surface area contributed by atoms with Gasteiger partial charge >= 0.3 is 0 Å². The SMILES string of the molecule is Cc1cc(C)c2c(C(C)O)cn(CCCO)c2c1. The van der Waals surface area contributed by atoms with Crippen LogP contribution in [0.2, 0.25) is 0 Å². The van der Waals surface area contributed by atoms with Gasteiger partial charge in [-0.2, -0.15) is 0 Å². The van der Waals surface area contributed by atoms with Gasteiger partial charge in [-0.3, -0.25) is 0 Å². The fraction of sp³-hybridized carbons (Fsp3) is 0.467. The number of nitrogens with zero attached hydrogens (tertiary/aromatic N) is 1. The monoisotopic (exact) mass is 247 g/mol. The summed E-state index contributed by atoms with van der Waals surface area (Å²) in [6.45, 7) is 6.93. The van der Waals surface area contributed by atoms with Gasteiger partial charge in [0.2, 0.25) is 0 Å². The Labute approximate surface area is 108 Å². The Morgan fingerprint density at radius 2 is 2.00 bits per heavy atom. The average Bonchev–Trinajstić information content (AvgIpc) is 2.65. The lowest BCUT2D eigenvalue weighted by atomic mass is 10.0. The molecule has 2 N–H and O–H groups in total. The van der Waals surface area contributed by atoms with Crippen molar-refractivity contribution in [2.75, 3.05) is 6.61 Å². The Morgan fingerprint density at radius 3 is 2.61 bits per heavy atom. The molecule has 1 aromatic heterocycles. The molecular formula is C15H21NO2. The molecule has 2 rings (SSSR count). The number of aliphatic hydroxyl groups is 2. The number of hydrogen-bond acceptors (Lipinski definition) is 2. The quantitative estimate of drug-likeness (QED) is 0.872. The zero-order valence-corrected chi connectivity index (χ0v) is 11.3. The summed E-state index contributed by atoms with van der Waals surface area (Å²) < 4.78 is 2.13. The van der Waals surface area contributed by atoms with Crippen molar-refractivity contribution >= 4 is 10.9 Å². The van der Waals surface area contributed by atoms with E-state index in [0.717, 1.165) is 29.4 Å². The molecule has 0 spiro atoms. The Hall–Kier alpha value is -1.32. The van der Waals surface area contributed by atoms with Crippen LogP contribution in [0.25, 0.3) is 10.9 Å². The Bertz CT molecular complexity index is 555. The molecule has 3 nitrogen and oxygen atoms in total. The van der Waals surface area contributed by atoms with Gasteiger partial charge in [0.1, 0.15) is 0 Å². The predicted molar refractivity (Wildman–Crippen MR) is 73.7 cm³/mol. The van der Waals surface area contributed by atoms with Crippen molar-refractivity contribution in [2.24, 2.45) is 0 Å². The molecule has 1 aromatic carbocycles. The molecule has 1 heterocycles. The van der Waals surface area contributed by atoms with E-state index in [1.165, 1.54) is 11.1 Å². The van der Waals surface area contributed by atoms with Gasteiger partial charge in [0, 0.05) is 35.8 Å². The average molecular weight is 247 g/mol. The summed E-state index contributed by atoms with van der Waals surface area (Å²) in [6.07, 6.45) is 2.28. The van der Waals surface area contributed by atoms with Crippen LogP contribution in [0.5, 0.6) is 0 Å². The van der Waals surface area contributed by atoms with Crippen molar-refractivity contribution in [3.05, 3.63) is 35.0 Å². The molecule has 0 aliphatic carbocycles. The van der Waals surface area contributed by atoms with Crippen molar-refractivity contribution in [2.45, 2.75) is 39.8 Å². The highest BCUT2D eigenvalue weighted by atomic mass is 16.3. The van der Waals surface area contributed by atoms with Crippen LogP contribution in [0.1, 0.15) is 36.1 Å². The number of benzene rings is 1. The van der Waals surface area contributed by atoms with Crippen LogP contribution in [0, 0.1) is 13.8 Å². The molecule has 3 heteroatoms.